The average molecular weight is 471 g/mol. The normalized spacial score (nSPS) is 14.8. The number of aromatic nitrogens is 1. The quantitative estimate of drug-likeness (QED) is 0.520. The third kappa shape index (κ3) is 5.06. The molecule has 2 aromatic heterocycles. The number of nitrogens with one attached hydrogen (secondary N) is 1. The fourth-order valence-electron chi connectivity index (χ4n) is 3.78. The summed E-state index contributed by atoms with van der Waals surface area (Å²) >= 11 is 8.32. The maximum atomic E-state index is 13.1. The standard InChI is InChI=1S/C24H27ClN4O2S/c1-26-11-9-21(22-6-4-14-32-22)31-18-8-7-17(20(25)15-18)16-29-13-12-28(2)23-19(24(29)30)5-3-10-27-23/h3-8,10,14-15,21,26H,9,11-13,16H2,1-2H3/t21-/m0/s1. The molecule has 0 spiro atoms. The number of benzene rings is 1. The third-order valence-corrected chi connectivity index (χ3v) is 6.87. The molecule has 0 aliphatic carbocycles. The van der Waals surface area contributed by atoms with Crippen molar-refractivity contribution in [2.45, 2.75) is 19.1 Å². The Labute approximate surface area is 197 Å². The Morgan fingerprint density at radius 3 is 2.88 bits per heavy atom. The van der Waals surface area contributed by atoms with Crippen LogP contribution in [0.2, 0.25) is 5.02 Å². The van der Waals surface area contributed by atoms with E-state index >= 15 is 0 Å². The number of carbonyl (C=O) groups excluding carboxylic acids is 1. The van der Waals surface area contributed by atoms with Gasteiger partial charge in [0.25, 0.3) is 5.91 Å². The van der Waals surface area contributed by atoms with Crippen LogP contribution in [0.1, 0.15) is 33.3 Å². The second kappa shape index (κ2) is 10.3. The van der Waals surface area contributed by atoms with Gasteiger partial charge < -0.3 is 19.9 Å². The number of pyridine rings is 1. The van der Waals surface area contributed by atoms with Crippen LogP contribution < -0.4 is 15.0 Å². The smallest absolute Gasteiger partial charge is 0.257 e. The topological polar surface area (TPSA) is 57.7 Å². The fourth-order valence-corrected chi connectivity index (χ4v) is 4.80. The molecule has 8 heteroatoms. The van der Waals surface area contributed by atoms with Gasteiger partial charge in [-0.3, -0.25) is 4.79 Å². The lowest BCUT2D eigenvalue weighted by Gasteiger charge is -2.22. The zero-order valence-electron chi connectivity index (χ0n) is 18.3. The first-order valence-electron chi connectivity index (χ1n) is 10.7. The van der Waals surface area contributed by atoms with E-state index in [0.29, 0.717) is 30.2 Å². The molecule has 32 heavy (non-hydrogen) atoms. The van der Waals surface area contributed by atoms with Crippen LogP contribution in [0.4, 0.5) is 5.82 Å². The number of halogens is 1. The van der Waals surface area contributed by atoms with E-state index < -0.39 is 0 Å². The van der Waals surface area contributed by atoms with Crippen LogP contribution in [0.15, 0.2) is 54.0 Å². The van der Waals surface area contributed by atoms with Crippen LogP contribution in [0.25, 0.3) is 0 Å². The number of rotatable bonds is 8. The lowest BCUT2D eigenvalue weighted by Crippen LogP contribution is -2.33. The summed E-state index contributed by atoms with van der Waals surface area (Å²) in [5.74, 6) is 1.42. The number of ether oxygens (including phenoxy) is 1. The predicted molar refractivity (Wildman–Crippen MR) is 130 cm³/mol. The largest absolute Gasteiger partial charge is 0.485 e. The molecule has 0 saturated carbocycles. The summed E-state index contributed by atoms with van der Waals surface area (Å²) in [6, 6.07) is 13.5. The maximum absolute atomic E-state index is 13.1. The highest BCUT2D eigenvalue weighted by Crippen LogP contribution is 2.31. The molecule has 0 saturated heterocycles. The van der Waals surface area contributed by atoms with Gasteiger partial charge in [-0.15, -0.1) is 11.3 Å². The van der Waals surface area contributed by atoms with E-state index in [2.05, 4.69) is 21.7 Å². The summed E-state index contributed by atoms with van der Waals surface area (Å²) in [7, 11) is 3.90. The molecule has 168 valence electrons. The number of amides is 1. The minimum Gasteiger partial charge on any atom is -0.485 e. The summed E-state index contributed by atoms with van der Waals surface area (Å²) < 4.78 is 6.28. The van der Waals surface area contributed by atoms with E-state index in [1.54, 1.807) is 23.6 Å². The minimum atomic E-state index is -0.0314. The number of fused-ring (bicyclic) bond motifs is 1. The number of nitrogens with zero attached hydrogens (tertiary/aromatic N) is 3. The van der Waals surface area contributed by atoms with Crippen molar-refractivity contribution in [2.75, 3.05) is 38.6 Å². The molecule has 3 heterocycles. The molecule has 1 aromatic carbocycles. The molecule has 1 aliphatic heterocycles. The highest BCUT2D eigenvalue weighted by Gasteiger charge is 2.26. The monoisotopic (exact) mass is 470 g/mol. The van der Waals surface area contributed by atoms with Crippen molar-refractivity contribution in [3.05, 3.63) is 75.1 Å². The molecular formula is C24H27ClN4O2S. The highest BCUT2D eigenvalue weighted by atomic mass is 35.5. The van der Waals surface area contributed by atoms with Gasteiger partial charge in [0, 0.05) is 49.2 Å². The molecule has 1 amide bonds. The van der Waals surface area contributed by atoms with E-state index in [9.17, 15) is 4.79 Å². The van der Waals surface area contributed by atoms with E-state index in [0.717, 1.165) is 30.1 Å². The predicted octanol–water partition coefficient (Wildman–Crippen LogP) is 4.62. The first-order valence-corrected chi connectivity index (χ1v) is 11.9. The van der Waals surface area contributed by atoms with Gasteiger partial charge >= 0.3 is 0 Å². The van der Waals surface area contributed by atoms with Gasteiger partial charge in [0.05, 0.1) is 5.56 Å². The van der Waals surface area contributed by atoms with E-state index in [1.165, 1.54) is 4.88 Å². The maximum Gasteiger partial charge on any atom is 0.257 e. The summed E-state index contributed by atoms with van der Waals surface area (Å²) in [4.78, 5) is 22.5. The molecule has 6 nitrogen and oxygen atoms in total. The Morgan fingerprint density at radius 2 is 2.12 bits per heavy atom. The molecule has 1 atom stereocenters. The van der Waals surface area contributed by atoms with Crippen molar-refractivity contribution in [3.8, 4) is 5.75 Å². The first-order chi connectivity index (χ1) is 15.6. The number of hydrogen-bond donors (Lipinski definition) is 1. The summed E-state index contributed by atoms with van der Waals surface area (Å²) in [5, 5.41) is 5.84. The van der Waals surface area contributed by atoms with Crippen molar-refractivity contribution >= 4 is 34.7 Å². The van der Waals surface area contributed by atoms with Crippen LogP contribution in [0, 0.1) is 0 Å². The number of thiophene rings is 1. The molecular weight excluding hydrogens is 444 g/mol. The number of likely N-dealkylation sites (N-methyl/N-ethyl adjacent to an activating group) is 1. The van der Waals surface area contributed by atoms with Crippen molar-refractivity contribution in [3.63, 3.8) is 0 Å². The van der Waals surface area contributed by atoms with Crippen LogP contribution in [-0.4, -0.2) is 49.5 Å². The van der Waals surface area contributed by atoms with Crippen molar-refractivity contribution in [2.24, 2.45) is 0 Å². The zero-order valence-corrected chi connectivity index (χ0v) is 19.8. The SMILES string of the molecule is CNCC[C@H](Oc1ccc(CN2CCN(C)c3ncccc3C2=O)c(Cl)c1)c1cccs1. The van der Waals surface area contributed by atoms with E-state index in [-0.39, 0.29) is 12.0 Å². The molecule has 0 radical (unpaired) electrons. The minimum absolute atomic E-state index is 0.0290. The van der Waals surface area contributed by atoms with Gasteiger partial charge in [0.2, 0.25) is 0 Å². The number of carbonyl (C=O) groups is 1. The summed E-state index contributed by atoms with van der Waals surface area (Å²) in [6.45, 7) is 2.61. The van der Waals surface area contributed by atoms with E-state index in [1.807, 2.05) is 54.2 Å². The lowest BCUT2D eigenvalue weighted by molar-refractivity contribution is 0.0755. The Morgan fingerprint density at radius 1 is 1.25 bits per heavy atom. The third-order valence-electron chi connectivity index (χ3n) is 5.55. The summed E-state index contributed by atoms with van der Waals surface area (Å²) in [5.41, 5.74) is 1.51. The Kier molecular flexibility index (Phi) is 7.29. The Bertz CT molecular complexity index is 1060. The second-order valence-electron chi connectivity index (χ2n) is 7.79. The van der Waals surface area contributed by atoms with Crippen LogP contribution in [0.5, 0.6) is 5.75 Å². The molecule has 1 aliphatic rings. The summed E-state index contributed by atoms with van der Waals surface area (Å²) in [6.07, 6.45) is 2.55. The number of hydrogen-bond acceptors (Lipinski definition) is 6. The molecule has 3 aromatic rings. The molecule has 4 rings (SSSR count). The lowest BCUT2D eigenvalue weighted by atomic mass is 10.1. The average Bonchev–Trinajstić information content (AvgIpc) is 3.31. The van der Waals surface area contributed by atoms with Crippen LogP contribution in [-0.2, 0) is 6.54 Å². The van der Waals surface area contributed by atoms with Crippen LogP contribution in [0.3, 0.4) is 0 Å². The van der Waals surface area contributed by atoms with Gasteiger partial charge in [-0.25, -0.2) is 4.98 Å². The van der Waals surface area contributed by atoms with E-state index in [4.69, 9.17) is 16.3 Å². The van der Waals surface area contributed by atoms with Gasteiger partial charge in [0.1, 0.15) is 17.7 Å². The highest BCUT2D eigenvalue weighted by molar-refractivity contribution is 7.10. The Balaban J connectivity index is 1.49. The van der Waals surface area contributed by atoms with Crippen molar-refractivity contribution < 1.29 is 9.53 Å². The van der Waals surface area contributed by atoms with Crippen molar-refractivity contribution in [1.82, 2.24) is 15.2 Å². The Hall–Kier alpha value is -2.61. The number of anilines is 1. The van der Waals surface area contributed by atoms with Gasteiger partial charge in [-0.1, -0.05) is 23.7 Å². The second-order valence-corrected chi connectivity index (χ2v) is 9.18. The van der Waals surface area contributed by atoms with Crippen molar-refractivity contribution in [1.29, 1.82) is 0 Å². The van der Waals surface area contributed by atoms with Crippen LogP contribution >= 0.6 is 22.9 Å². The van der Waals surface area contributed by atoms with Gasteiger partial charge in [0.15, 0.2) is 0 Å². The molecule has 0 unspecified atom stereocenters. The zero-order chi connectivity index (χ0) is 22.5. The first kappa shape index (κ1) is 22.6. The fraction of sp³-hybridized carbons (Fsp3) is 0.333. The van der Waals surface area contributed by atoms with Gasteiger partial charge in [-0.2, -0.15) is 0 Å². The molecule has 1 N–H and O–H groups in total. The van der Waals surface area contributed by atoms with Gasteiger partial charge in [-0.05, 0) is 54.9 Å². The molecule has 0 bridgehead atoms. The molecule has 0 fully saturated rings.